The van der Waals surface area contributed by atoms with Crippen molar-refractivity contribution in [1.82, 2.24) is 0 Å². The van der Waals surface area contributed by atoms with E-state index < -0.39 is 6.04 Å². The molecule has 0 saturated heterocycles. The molecule has 0 spiro atoms. The van der Waals surface area contributed by atoms with Crippen LogP contribution in [0.5, 0.6) is 0 Å². The van der Waals surface area contributed by atoms with Crippen LogP contribution in [0.1, 0.15) is 90.5 Å². The topological polar surface area (TPSA) is 82.5 Å². The van der Waals surface area contributed by atoms with E-state index in [-0.39, 0.29) is 29.0 Å². The monoisotopic (exact) mass is 467 g/mol. The largest absolute Gasteiger partial charge is 0.461 e. The summed E-state index contributed by atoms with van der Waals surface area (Å²) in [4.78, 5) is 24.0. The highest BCUT2D eigenvalue weighted by atomic mass is 16.5. The summed E-state index contributed by atoms with van der Waals surface area (Å²) in [6, 6.07) is 3.00. The fourth-order valence-electron chi connectivity index (χ4n) is 8.24. The third kappa shape index (κ3) is 3.79. The van der Waals surface area contributed by atoms with E-state index in [1.54, 1.807) is 17.9 Å². The van der Waals surface area contributed by atoms with E-state index in [1.165, 1.54) is 25.7 Å². The van der Waals surface area contributed by atoms with Crippen LogP contribution in [0.4, 0.5) is 0 Å². The lowest BCUT2D eigenvalue weighted by atomic mass is 9.46. The van der Waals surface area contributed by atoms with Crippen molar-refractivity contribution in [2.75, 3.05) is 0 Å². The molecule has 1 unspecified atom stereocenters. The molecule has 5 rings (SSSR count). The third-order valence-electron chi connectivity index (χ3n) is 10.4. The van der Waals surface area contributed by atoms with Crippen molar-refractivity contribution in [2.45, 2.75) is 97.1 Å². The maximum Gasteiger partial charge on any atom is 0.335 e. The lowest BCUT2D eigenvalue weighted by Gasteiger charge is -2.59. The number of hydrogen-bond acceptors (Lipinski definition) is 5. The van der Waals surface area contributed by atoms with E-state index in [9.17, 15) is 9.59 Å². The molecule has 3 saturated carbocycles. The Kier molecular flexibility index (Phi) is 6.07. The van der Waals surface area contributed by atoms with Gasteiger partial charge in [-0.05, 0) is 103 Å². The van der Waals surface area contributed by atoms with Crippen LogP contribution in [0.2, 0.25) is 0 Å². The van der Waals surface area contributed by atoms with Gasteiger partial charge in [-0.15, -0.1) is 0 Å². The van der Waals surface area contributed by atoms with Crippen molar-refractivity contribution in [1.29, 1.82) is 0 Å². The van der Waals surface area contributed by atoms with Crippen LogP contribution in [0.15, 0.2) is 39.3 Å². The molecule has 1 aromatic heterocycles. The SMILES string of the molecule is CC(C)C(N)C(=O)O[C@H]1CC[C@@]2(C)[C@H](CC[C@H]3C4=CC[C@H](c5ccc(=O)oc5)[C@@]4(C)CC[C@@H]32)C1. The molecule has 0 aliphatic heterocycles. The summed E-state index contributed by atoms with van der Waals surface area (Å²) in [5.41, 5.74) is 9.06. The lowest BCUT2D eigenvalue weighted by molar-refractivity contribution is -0.160. The standard InChI is InChI=1S/C29H41NO4/c1-17(2)26(30)27(32)34-20-11-13-28(3)19(15-20)6-7-21-23-9-8-22(18-5-10-25(31)33-16-18)29(23,4)14-12-24(21)28/h5,9-10,16-17,19-22,24,26H,6-8,11-15,30H2,1-4H3/t19-,20+,21+,22-,24+,26?,28+,29-/m1/s1. The Bertz CT molecular complexity index is 1010. The maximum absolute atomic E-state index is 12.5. The summed E-state index contributed by atoms with van der Waals surface area (Å²) < 4.78 is 11.1. The Morgan fingerprint density at radius 2 is 1.94 bits per heavy atom. The minimum absolute atomic E-state index is 0.0172. The van der Waals surface area contributed by atoms with Gasteiger partial charge in [-0.3, -0.25) is 4.79 Å². The zero-order valence-electron chi connectivity index (χ0n) is 21.2. The van der Waals surface area contributed by atoms with Crippen LogP contribution in [-0.2, 0) is 9.53 Å². The molecule has 4 aliphatic carbocycles. The molecule has 4 aliphatic rings. The average molecular weight is 468 g/mol. The normalized spacial score (nSPS) is 40.1. The first-order valence-corrected chi connectivity index (χ1v) is 13.4. The number of rotatable bonds is 4. The number of carbonyl (C=O) groups is 1. The third-order valence-corrected chi connectivity index (χ3v) is 10.4. The van der Waals surface area contributed by atoms with Gasteiger partial charge < -0.3 is 14.9 Å². The number of ether oxygens (including phenoxy) is 1. The molecule has 1 aromatic rings. The quantitative estimate of drug-likeness (QED) is 0.462. The number of esters is 1. The Hall–Kier alpha value is -1.88. The molecule has 5 heteroatoms. The molecule has 3 fully saturated rings. The number of fused-ring (bicyclic) bond motifs is 5. The summed E-state index contributed by atoms with van der Waals surface area (Å²) in [6.45, 7) is 8.91. The Morgan fingerprint density at radius 3 is 2.65 bits per heavy atom. The first-order chi connectivity index (χ1) is 16.1. The number of carbonyl (C=O) groups excluding carboxylic acids is 1. The predicted octanol–water partition coefficient (Wildman–Crippen LogP) is 5.58. The van der Waals surface area contributed by atoms with Crippen LogP contribution >= 0.6 is 0 Å². The molecule has 0 aromatic carbocycles. The molecule has 5 nitrogen and oxygen atoms in total. The van der Waals surface area contributed by atoms with E-state index in [4.69, 9.17) is 14.9 Å². The number of allylic oxidation sites excluding steroid dienone is 2. The van der Waals surface area contributed by atoms with Crippen molar-refractivity contribution in [2.24, 2.45) is 40.2 Å². The highest BCUT2D eigenvalue weighted by Crippen LogP contribution is 2.67. The second-order valence-corrected chi connectivity index (χ2v) is 12.4. The van der Waals surface area contributed by atoms with Crippen molar-refractivity contribution in [3.63, 3.8) is 0 Å². The Morgan fingerprint density at radius 1 is 1.15 bits per heavy atom. The zero-order valence-corrected chi connectivity index (χ0v) is 21.2. The molecule has 0 bridgehead atoms. The van der Waals surface area contributed by atoms with E-state index in [2.05, 4.69) is 19.9 Å². The molecular weight excluding hydrogens is 426 g/mol. The number of hydrogen-bond donors (Lipinski definition) is 1. The van der Waals surface area contributed by atoms with Gasteiger partial charge in [-0.25, -0.2) is 4.79 Å². The first-order valence-electron chi connectivity index (χ1n) is 13.4. The van der Waals surface area contributed by atoms with Crippen molar-refractivity contribution < 1.29 is 13.9 Å². The molecule has 34 heavy (non-hydrogen) atoms. The van der Waals surface area contributed by atoms with E-state index in [0.29, 0.717) is 29.1 Å². The predicted molar refractivity (Wildman–Crippen MR) is 132 cm³/mol. The molecule has 2 N–H and O–H groups in total. The minimum Gasteiger partial charge on any atom is -0.461 e. The van der Waals surface area contributed by atoms with Crippen LogP contribution in [0.25, 0.3) is 0 Å². The van der Waals surface area contributed by atoms with E-state index in [0.717, 1.165) is 31.2 Å². The summed E-state index contributed by atoms with van der Waals surface area (Å²) in [5, 5.41) is 0. The smallest absolute Gasteiger partial charge is 0.335 e. The van der Waals surface area contributed by atoms with Gasteiger partial charge in [-0.1, -0.05) is 39.3 Å². The van der Waals surface area contributed by atoms with Gasteiger partial charge in [0.15, 0.2) is 0 Å². The van der Waals surface area contributed by atoms with Crippen LogP contribution < -0.4 is 11.4 Å². The second kappa shape index (κ2) is 8.65. The lowest BCUT2D eigenvalue weighted by Crippen LogP contribution is -2.52. The fraction of sp³-hybridized carbons (Fsp3) is 0.724. The summed E-state index contributed by atoms with van der Waals surface area (Å²) in [7, 11) is 0. The summed E-state index contributed by atoms with van der Waals surface area (Å²) >= 11 is 0. The average Bonchev–Trinajstić information content (AvgIpc) is 3.16. The summed E-state index contributed by atoms with van der Waals surface area (Å²) in [6.07, 6.45) is 13.2. The van der Waals surface area contributed by atoms with Crippen molar-refractivity contribution in [3.8, 4) is 0 Å². The molecule has 8 atom stereocenters. The maximum atomic E-state index is 12.5. The molecular formula is C29H41NO4. The minimum atomic E-state index is -0.528. The van der Waals surface area contributed by atoms with Gasteiger partial charge >= 0.3 is 11.6 Å². The summed E-state index contributed by atoms with van der Waals surface area (Å²) in [5.74, 6) is 2.23. The first kappa shape index (κ1) is 23.8. The van der Waals surface area contributed by atoms with Crippen LogP contribution in [0.3, 0.4) is 0 Å². The van der Waals surface area contributed by atoms with Crippen LogP contribution in [0, 0.1) is 34.5 Å². The zero-order chi connectivity index (χ0) is 24.3. The molecule has 1 heterocycles. The molecule has 0 radical (unpaired) electrons. The van der Waals surface area contributed by atoms with Gasteiger partial charge in [-0.2, -0.15) is 0 Å². The van der Waals surface area contributed by atoms with Gasteiger partial charge in [0.05, 0.1) is 6.26 Å². The van der Waals surface area contributed by atoms with Gasteiger partial charge in [0.25, 0.3) is 0 Å². The van der Waals surface area contributed by atoms with Crippen molar-refractivity contribution in [3.05, 3.63) is 46.0 Å². The van der Waals surface area contributed by atoms with Gasteiger partial charge in [0.2, 0.25) is 0 Å². The molecule has 186 valence electrons. The highest BCUT2D eigenvalue weighted by molar-refractivity contribution is 5.75. The Balaban J connectivity index is 1.30. The van der Waals surface area contributed by atoms with Crippen LogP contribution in [-0.4, -0.2) is 18.1 Å². The molecule has 0 amide bonds. The second-order valence-electron chi connectivity index (χ2n) is 12.4. The highest BCUT2D eigenvalue weighted by Gasteiger charge is 2.58. The van der Waals surface area contributed by atoms with Crippen molar-refractivity contribution >= 4 is 5.97 Å². The fourth-order valence-corrected chi connectivity index (χ4v) is 8.24. The Labute approximate surface area is 203 Å². The van der Waals surface area contributed by atoms with Gasteiger partial charge in [0, 0.05) is 6.07 Å². The number of nitrogens with two attached hydrogens (primary N) is 1. The van der Waals surface area contributed by atoms with E-state index in [1.807, 2.05) is 19.9 Å². The van der Waals surface area contributed by atoms with E-state index >= 15 is 0 Å². The van der Waals surface area contributed by atoms with Gasteiger partial charge in [0.1, 0.15) is 12.1 Å².